The summed E-state index contributed by atoms with van der Waals surface area (Å²) in [6.45, 7) is 5.45. The summed E-state index contributed by atoms with van der Waals surface area (Å²) in [7, 11) is 0. The molecule has 7 heteroatoms. The molecule has 1 fully saturated rings. The van der Waals surface area contributed by atoms with Gasteiger partial charge in [-0.1, -0.05) is 37.1 Å². The molecule has 0 bridgehead atoms. The first kappa shape index (κ1) is 23.5. The molecule has 1 aliphatic heterocycles. The van der Waals surface area contributed by atoms with E-state index in [1.807, 2.05) is 13.0 Å². The molecule has 0 unspecified atom stereocenters. The average molecular weight is 478 g/mol. The second-order valence-corrected chi connectivity index (χ2v) is 8.78. The molecule has 1 aliphatic rings. The first-order valence-corrected chi connectivity index (χ1v) is 11.4. The van der Waals surface area contributed by atoms with Gasteiger partial charge in [-0.05, 0) is 79.9 Å². The summed E-state index contributed by atoms with van der Waals surface area (Å²) in [5.74, 6) is 0.481. The molecule has 0 radical (unpaired) electrons. The molecule has 1 saturated heterocycles. The highest BCUT2D eigenvalue weighted by molar-refractivity contribution is 6.31. The monoisotopic (exact) mass is 477 g/mol. The third-order valence-electron chi connectivity index (χ3n) is 5.82. The van der Waals surface area contributed by atoms with Crippen LogP contribution in [0.1, 0.15) is 52.9 Å². The first-order chi connectivity index (χ1) is 16.2. The summed E-state index contributed by atoms with van der Waals surface area (Å²) in [5, 5.41) is 2.78. The lowest BCUT2D eigenvalue weighted by Crippen LogP contribution is -2.33. The van der Waals surface area contributed by atoms with E-state index in [9.17, 15) is 14.4 Å². The van der Waals surface area contributed by atoms with Crippen LogP contribution in [0.4, 0.5) is 4.79 Å². The van der Waals surface area contributed by atoms with Gasteiger partial charge in [-0.3, -0.25) is 14.9 Å². The molecule has 0 aliphatic carbocycles. The highest BCUT2D eigenvalue weighted by atomic mass is 35.5. The normalized spacial score (nSPS) is 17.3. The third-order valence-corrected chi connectivity index (χ3v) is 6.24. The van der Waals surface area contributed by atoms with Crippen molar-refractivity contribution in [1.82, 2.24) is 5.32 Å². The van der Waals surface area contributed by atoms with Gasteiger partial charge in [-0.15, -0.1) is 0 Å². The molecule has 0 saturated carbocycles. The van der Waals surface area contributed by atoms with Crippen molar-refractivity contribution < 1.29 is 23.9 Å². The second-order valence-electron chi connectivity index (χ2n) is 8.37. The Labute approximate surface area is 202 Å². The first-order valence-electron chi connectivity index (χ1n) is 11.0. The van der Waals surface area contributed by atoms with Gasteiger partial charge >= 0.3 is 6.09 Å². The number of ketones is 1. The average Bonchev–Trinajstić information content (AvgIpc) is 3.08. The van der Waals surface area contributed by atoms with Gasteiger partial charge in [0.25, 0.3) is 5.91 Å². The van der Waals surface area contributed by atoms with E-state index in [0.29, 0.717) is 39.6 Å². The fourth-order valence-electron chi connectivity index (χ4n) is 3.88. The van der Waals surface area contributed by atoms with Crippen molar-refractivity contribution in [3.63, 3.8) is 0 Å². The van der Waals surface area contributed by atoms with Crippen LogP contribution in [-0.4, -0.2) is 17.8 Å². The molecule has 34 heavy (non-hydrogen) atoms. The molecule has 4 rings (SSSR count). The Bertz CT molecular complexity index is 1300. The molecule has 2 amide bonds. The second kappa shape index (κ2) is 9.31. The fraction of sp³-hybridized carbons (Fsp3) is 0.222. The van der Waals surface area contributed by atoms with Crippen molar-refractivity contribution >= 4 is 29.4 Å². The smallest absolute Gasteiger partial charge is 0.415 e. The number of amides is 2. The topological polar surface area (TPSA) is 81.7 Å². The minimum atomic E-state index is -1.42. The Kier molecular flexibility index (Phi) is 6.44. The Morgan fingerprint density at radius 2 is 1.79 bits per heavy atom. The maximum absolute atomic E-state index is 13.1. The van der Waals surface area contributed by atoms with Crippen LogP contribution in [0.2, 0.25) is 5.02 Å². The van der Waals surface area contributed by atoms with Crippen LogP contribution in [-0.2, 0) is 21.6 Å². The fourth-order valence-corrected chi connectivity index (χ4v) is 4.00. The molecule has 0 spiro atoms. The zero-order chi connectivity index (χ0) is 24.5. The van der Waals surface area contributed by atoms with E-state index in [1.54, 1.807) is 54.6 Å². The minimum Gasteiger partial charge on any atom is -0.457 e. The minimum absolute atomic E-state index is 0.0901. The van der Waals surface area contributed by atoms with Crippen molar-refractivity contribution in [3.8, 4) is 11.5 Å². The van der Waals surface area contributed by atoms with Gasteiger partial charge in [0.1, 0.15) is 11.5 Å². The predicted molar refractivity (Wildman–Crippen MR) is 129 cm³/mol. The van der Waals surface area contributed by atoms with Crippen LogP contribution in [0.3, 0.4) is 0 Å². The van der Waals surface area contributed by atoms with E-state index >= 15 is 0 Å². The number of carbonyl (C=O) groups is 3. The number of hydrogen-bond donors (Lipinski definition) is 1. The zero-order valence-electron chi connectivity index (χ0n) is 19.1. The Morgan fingerprint density at radius 3 is 2.47 bits per heavy atom. The highest BCUT2D eigenvalue weighted by Crippen LogP contribution is 2.34. The number of halogens is 1. The summed E-state index contributed by atoms with van der Waals surface area (Å²) < 4.78 is 11.4. The maximum Gasteiger partial charge on any atom is 0.415 e. The van der Waals surface area contributed by atoms with Gasteiger partial charge in [0.05, 0.1) is 0 Å². The van der Waals surface area contributed by atoms with Gasteiger partial charge in [0.15, 0.2) is 5.78 Å². The van der Waals surface area contributed by atoms with E-state index in [-0.39, 0.29) is 5.78 Å². The van der Waals surface area contributed by atoms with E-state index in [4.69, 9.17) is 21.1 Å². The summed E-state index contributed by atoms with van der Waals surface area (Å²) >= 11 is 6.10. The third kappa shape index (κ3) is 4.54. The number of alkyl carbamates (subject to hydrolysis) is 1. The maximum atomic E-state index is 13.1. The van der Waals surface area contributed by atoms with Crippen LogP contribution in [0.25, 0.3) is 0 Å². The number of carbonyl (C=O) groups excluding carboxylic acids is 3. The van der Waals surface area contributed by atoms with Crippen LogP contribution in [0.5, 0.6) is 11.5 Å². The number of aryl methyl sites for hydroxylation is 2. The van der Waals surface area contributed by atoms with Crippen molar-refractivity contribution in [2.45, 2.75) is 39.2 Å². The van der Waals surface area contributed by atoms with Gasteiger partial charge in [-0.25, -0.2) is 4.79 Å². The van der Waals surface area contributed by atoms with Gasteiger partial charge in [0, 0.05) is 21.7 Å². The summed E-state index contributed by atoms with van der Waals surface area (Å²) in [6, 6.07) is 17.5. The van der Waals surface area contributed by atoms with E-state index in [0.717, 1.165) is 17.5 Å². The lowest BCUT2D eigenvalue weighted by Gasteiger charge is -2.20. The molecular weight excluding hydrogens is 454 g/mol. The molecular formula is C27H24ClNO5. The van der Waals surface area contributed by atoms with Crippen LogP contribution in [0.15, 0.2) is 60.7 Å². The molecule has 1 N–H and O–H groups in total. The van der Waals surface area contributed by atoms with E-state index in [1.165, 1.54) is 6.92 Å². The van der Waals surface area contributed by atoms with Crippen molar-refractivity contribution in [3.05, 3.63) is 93.5 Å². The van der Waals surface area contributed by atoms with Crippen molar-refractivity contribution in [1.29, 1.82) is 0 Å². The van der Waals surface area contributed by atoms with Gasteiger partial charge < -0.3 is 9.47 Å². The number of hydrogen-bond acceptors (Lipinski definition) is 5. The summed E-state index contributed by atoms with van der Waals surface area (Å²) in [5.41, 5.74) is 1.94. The molecule has 6 nitrogen and oxygen atoms in total. The Hall–Kier alpha value is -3.64. The standard InChI is InChI=1S/C27H24ClNO5/c1-4-6-17-14-19(24(30)18-9-11-22(28)16(2)13-18)10-12-23(17)33-21-8-5-7-20(15-21)27(3)25(31)29-26(32)34-27/h5,7-15H,4,6H2,1-3H3,(H,29,31,32)/t27-/m1/s1. The van der Waals surface area contributed by atoms with Crippen LogP contribution >= 0.6 is 11.6 Å². The SMILES string of the molecule is CCCc1cc(C(=O)c2ccc(Cl)c(C)c2)ccc1Oc1cccc([C@@]2(C)OC(=O)NC2=O)c1. The van der Waals surface area contributed by atoms with Gasteiger partial charge in [0.2, 0.25) is 5.60 Å². The van der Waals surface area contributed by atoms with Crippen LogP contribution in [0, 0.1) is 6.92 Å². The van der Waals surface area contributed by atoms with Gasteiger partial charge in [-0.2, -0.15) is 0 Å². The number of cyclic esters (lactones) is 1. The highest BCUT2D eigenvalue weighted by Gasteiger charge is 2.46. The van der Waals surface area contributed by atoms with Crippen molar-refractivity contribution in [2.75, 3.05) is 0 Å². The molecule has 3 aromatic rings. The molecule has 1 atom stereocenters. The molecule has 3 aromatic carbocycles. The lowest BCUT2D eigenvalue weighted by atomic mass is 9.95. The lowest BCUT2D eigenvalue weighted by molar-refractivity contribution is -0.130. The quantitative estimate of drug-likeness (QED) is 0.415. The molecule has 174 valence electrons. The number of rotatable bonds is 7. The largest absolute Gasteiger partial charge is 0.457 e. The number of imide groups is 1. The summed E-state index contributed by atoms with van der Waals surface area (Å²) in [4.78, 5) is 36.8. The number of benzene rings is 3. The Morgan fingerprint density at radius 1 is 1.06 bits per heavy atom. The molecule has 0 aromatic heterocycles. The predicted octanol–water partition coefficient (Wildman–Crippen LogP) is 6.11. The van der Waals surface area contributed by atoms with Crippen LogP contribution < -0.4 is 10.1 Å². The number of ether oxygens (including phenoxy) is 2. The Balaban J connectivity index is 1.63. The number of nitrogens with one attached hydrogen (secondary N) is 1. The zero-order valence-corrected chi connectivity index (χ0v) is 19.9. The van der Waals surface area contributed by atoms with E-state index in [2.05, 4.69) is 12.2 Å². The van der Waals surface area contributed by atoms with Crippen molar-refractivity contribution in [2.24, 2.45) is 0 Å². The summed E-state index contributed by atoms with van der Waals surface area (Å²) in [6.07, 6.45) is 0.802. The van der Waals surface area contributed by atoms with E-state index < -0.39 is 17.6 Å². The molecule has 1 heterocycles.